The highest BCUT2D eigenvalue weighted by atomic mass is 32.2. The maximum atomic E-state index is 13.7. The number of thiophene rings is 1. The van der Waals surface area contributed by atoms with Crippen LogP contribution in [-0.4, -0.2) is 14.3 Å². The SMILES string of the molecule is CC(=O)NCc1ccc(S(=O)(=O)N[C@@H](C)c2ccccc2F)s1. The molecule has 1 atom stereocenters. The highest BCUT2D eigenvalue weighted by Crippen LogP contribution is 2.24. The van der Waals surface area contributed by atoms with Gasteiger partial charge in [0.05, 0.1) is 6.54 Å². The molecule has 0 radical (unpaired) electrons. The van der Waals surface area contributed by atoms with E-state index in [-0.39, 0.29) is 22.2 Å². The van der Waals surface area contributed by atoms with Crippen molar-refractivity contribution in [3.63, 3.8) is 0 Å². The van der Waals surface area contributed by atoms with E-state index in [1.165, 1.54) is 19.1 Å². The molecule has 2 N–H and O–H groups in total. The fourth-order valence-corrected chi connectivity index (χ4v) is 4.52. The summed E-state index contributed by atoms with van der Waals surface area (Å²) in [5, 5.41) is 2.61. The van der Waals surface area contributed by atoms with Crippen molar-refractivity contribution in [1.29, 1.82) is 0 Å². The second kappa shape index (κ2) is 7.20. The maximum absolute atomic E-state index is 13.7. The average molecular weight is 356 g/mol. The Balaban J connectivity index is 2.13. The number of carbonyl (C=O) groups is 1. The van der Waals surface area contributed by atoms with Crippen LogP contribution in [0.3, 0.4) is 0 Å². The number of hydrogen-bond donors (Lipinski definition) is 2. The van der Waals surface area contributed by atoms with E-state index in [0.29, 0.717) is 0 Å². The molecule has 1 aromatic carbocycles. The van der Waals surface area contributed by atoms with Crippen molar-refractivity contribution in [2.75, 3.05) is 0 Å². The molecule has 0 spiro atoms. The van der Waals surface area contributed by atoms with Crippen LogP contribution >= 0.6 is 11.3 Å². The molecule has 8 heteroatoms. The lowest BCUT2D eigenvalue weighted by molar-refractivity contribution is -0.119. The lowest BCUT2D eigenvalue weighted by atomic mass is 10.1. The van der Waals surface area contributed by atoms with Crippen molar-refractivity contribution < 1.29 is 17.6 Å². The number of sulfonamides is 1. The van der Waals surface area contributed by atoms with Crippen LogP contribution in [-0.2, 0) is 21.4 Å². The number of carbonyl (C=O) groups excluding carboxylic acids is 1. The molecule has 0 aliphatic heterocycles. The van der Waals surface area contributed by atoms with E-state index in [2.05, 4.69) is 10.0 Å². The molecule has 0 fully saturated rings. The summed E-state index contributed by atoms with van der Waals surface area (Å²) in [7, 11) is -3.75. The van der Waals surface area contributed by atoms with E-state index in [0.717, 1.165) is 16.2 Å². The molecule has 2 rings (SSSR count). The molecule has 1 aromatic heterocycles. The highest BCUT2D eigenvalue weighted by Gasteiger charge is 2.21. The first-order chi connectivity index (χ1) is 10.8. The van der Waals surface area contributed by atoms with Gasteiger partial charge >= 0.3 is 0 Å². The number of nitrogens with one attached hydrogen (secondary N) is 2. The van der Waals surface area contributed by atoms with Crippen molar-refractivity contribution >= 4 is 27.3 Å². The third-order valence-electron chi connectivity index (χ3n) is 3.12. The van der Waals surface area contributed by atoms with E-state index in [1.807, 2.05) is 0 Å². The minimum atomic E-state index is -3.75. The molecule has 0 saturated heterocycles. The topological polar surface area (TPSA) is 75.3 Å². The van der Waals surface area contributed by atoms with Crippen LogP contribution in [0.15, 0.2) is 40.6 Å². The van der Waals surface area contributed by atoms with Gasteiger partial charge < -0.3 is 5.32 Å². The van der Waals surface area contributed by atoms with Crippen LogP contribution in [0.25, 0.3) is 0 Å². The molecule has 1 amide bonds. The number of hydrogen-bond acceptors (Lipinski definition) is 4. The highest BCUT2D eigenvalue weighted by molar-refractivity contribution is 7.91. The standard InChI is InChI=1S/C15H17FN2O3S2/c1-10(13-5-3-4-6-14(13)16)18-23(20,21)15-8-7-12(22-15)9-17-11(2)19/h3-8,10,18H,9H2,1-2H3,(H,17,19)/t10-/m0/s1. The molecule has 1 heterocycles. The monoisotopic (exact) mass is 356 g/mol. The third kappa shape index (κ3) is 4.60. The second-order valence-corrected chi connectivity index (χ2v) is 8.10. The van der Waals surface area contributed by atoms with Crippen LogP contribution in [0.1, 0.15) is 30.3 Å². The molecule has 0 aliphatic rings. The molecule has 0 bridgehead atoms. The maximum Gasteiger partial charge on any atom is 0.250 e. The van der Waals surface area contributed by atoms with Crippen LogP contribution in [0, 0.1) is 5.82 Å². The summed E-state index contributed by atoms with van der Waals surface area (Å²) in [6.45, 7) is 3.25. The molecule has 2 aromatic rings. The largest absolute Gasteiger partial charge is 0.351 e. The van der Waals surface area contributed by atoms with E-state index >= 15 is 0 Å². The lowest BCUT2D eigenvalue weighted by Gasteiger charge is -2.14. The van der Waals surface area contributed by atoms with E-state index in [1.54, 1.807) is 31.2 Å². The summed E-state index contributed by atoms with van der Waals surface area (Å²) in [5.74, 6) is -0.644. The number of rotatable bonds is 6. The average Bonchev–Trinajstić information content (AvgIpc) is 2.94. The smallest absolute Gasteiger partial charge is 0.250 e. The van der Waals surface area contributed by atoms with Gasteiger partial charge in [-0.15, -0.1) is 11.3 Å². The predicted molar refractivity (Wildman–Crippen MR) is 87.0 cm³/mol. The van der Waals surface area contributed by atoms with Crippen LogP contribution in [0.4, 0.5) is 4.39 Å². The van der Waals surface area contributed by atoms with E-state index < -0.39 is 21.9 Å². The van der Waals surface area contributed by atoms with Crippen LogP contribution in [0.5, 0.6) is 0 Å². The van der Waals surface area contributed by atoms with Crippen molar-refractivity contribution in [1.82, 2.24) is 10.0 Å². The minimum Gasteiger partial charge on any atom is -0.351 e. The number of halogens is 1. The Morgan fingerprint density at radius 2 is 1.96 bits per heavy atom. The van der Waals surface area contributed by atoms with Gasteiger partial charge in [-0.05, 0) is 25.1 Å². The summed E-state index contributed by atoms with van der Waals surface area (Å²) < 4.78 is 41.1. The predicted octanol–water partition coefficient (Wildman–Crippen LogP) is 2.56. The van der Waals surface area contributed by atoms with Gasteiger partial charge in [0, 0.05) is 23.4 Å². The summed E-state index contributed by atoms with van der Waals surface area (Å²) in [4.78, 5) is 11.6. The van der Waals surface area contributed by atoms with Crippen LogP contribution in [0.2, 0.25) is 0 Å². The van der Waals surface area contributed by atoms with Crippen molar-refractivity contribution in [2.45, 2.75) is 30.6 Å². The van der Waals surface area contributed by atoms with E-state index in [9.17, 15) is 17.6 Å². The fraction of sp³-hybridized carbons (Fsp3) is 0.267. The van der Waals surface area contributed by atoms with Gasteiger partial charge in [-0.1, -0.05) is 18.2 Å². The first-order valence-corrected chi connectivity index (χ1v) is 9.19. The quantitative estimate of drug-likeness (QED) is 0.835. The Morgan fingerprint density at radius 3 is 2.61 bits per heavy atom. The Bertz CT molecular complexity index is 803. The van der Waals surface area contributed by atoms with Gasteiger partial charge in [0.1, 0.15) is 10.0 Å². The number of benzene rings is 1. The zero-order chi connectivity index (χ0) is 17.0. The van der Waals surface area contributed by atoms with Crippen LogP contribution < -0.4 is 10.0 Å². The van der Waals surface area contributed by atoms with Gasteiger partial charge in [0.25, 0.3) is 10.0 Å². The second-order valence-electron chi connectivity index (χ2n) is 4.99. The molecule has 23 heavy (non-hydrogen) atoms. The first kappa shape index (κ1) is 17.6. The molecule has 124 valence electrons. The zero-order valence-electron chi connectivity index (χ0n) is 12.7. The van der Waals surface area contributed by atoms with Gasteiger partial charge in [-0.3, -0.25) is 4.79 Å². The Hall–Kier alpha value is -1.77. The molecular formula is C15H17FN2O3S2. The molecule has 0 unspecified atom stereocenters. The molecular weight excluding hydrogens is 339 g/mol. The van der Waals surface area contributed by atoms with Crippen molar-refractivity contribution in [3.05, 3.63) is 52.7 Å². The summed E-state index contributed by atoms with van der Waals surface area (Å²) in [5.41, 5.74) is 0.283. The molecule has 0 aliphatic carbocycles. The Labute approximate surface area is 138 Å². The Kier molecular flexibility index (Phi) is 5.51. The normalized spacial score (nSPS) is 12.8. The van der Waals surface area contributed by atoms with Gasteiger partial charge in [0.2, 0.25) is 5.91 Å². The molecule has 5 nitrogen and oxygen atoms in total. The van der Waals surface area contributed by atoms with E-state index in [4.69, 9.17) is 0 Å². The third-order valence-corrected chi connectivity index (χ3v) is 6.23. The summed E-state index contributed by atoms with van der Waals surface area (Å²) in [6, 6.07) is 8.45. The van der Waals surface area contributed by atoms with Crippen molar-refractivity contribution in [2.24, 2.45) is 0 Å². The zero-order valence-corrected chi connectivity index (χ0v) is 14.3. The summed E-state index contributed by atoms with van der Waals surface area (Å²) >= 11 is 1.06. The van der Waals surface area contributed by atoms with Gasteiger partial charge in [0.15, 0.2) is 0 Å². The number of amides is 1. The summed E-state index contributed by atoms with van der Waals surface area (Å²) in [6.07, 6.45) is 0. The van der Waals surface area contributed by atoms with Gasteiger partial charge in [-0.25, -0.2) is 17.5 Å². The lowest BCUT2D eigenvalue weighted by Crippen LogP contribution is -2.26. The van der Waals surface area contributed by atoms with Gasteiger partial charge in [-0.2, -0.15) is 0 Å². The fourth-order valence-electron chi connectivity index (χ4n) is 1.99. The van der Waals surface area contributed by atoms with Crippen molar-refractivity contribution in [3.8, 4) is 0 Å². The molecule has 0 saturated carbocycles. The Morgan fingerprint density at radius 1 is 1.26 bits per heavy atom. The minimum absolute atomic E-state index is 0.126. The first-order valence-electron chi connectivity index (χ1n) is 6.89.